The number of hydrogen-bond donors (Lipinski definition) is 0. The lowest BCUT2D eigenvalue weighted by atomic mass is 9.79. The van der Waals surface area contributed by atoms with Gasteiger partial charge in [-0.2, -0.15) is 0 Å². The molecule has 2 aromatic rings. The van der Waals surface area contributed by atoms with Crippen molar-refractivity contribution in [1.29, 1.82) is 0 Å². The van der Waals surface area contributed by atoms with Crippen molar-refractivity contribution in [3.05, 3.63) is 53.0 Å². The van der Waals surface area contributed by atoms with Crippen LogP contribution in [0.4, 0.5) is 0 Å². The van der Waals surface area contributed by atoms with Crippen molar-refractivity contribution in [1.82, 2.24) is 0 Å². The maximum Gasteiger partial charge on any atom is 0.494 e. The van der Waals surface area contributed by atoms with Crippen molar-refractivity contribution in [2.24, 2.45) is 10.8 Å². The van der Waals surface area contributed by atoms with Gasteiger partial charge in [-0.3, -0.25) is 9.59 Å². The van der Waals surface area contributed by atoms with Crippen LogP contribution in [0.15, 0.2) is 53.0 Å². The first kappa shape index (κ1) is 30.4. The van der Waals surface area contributed by atoms with Crippen LogP contribution >= 0.6 is 15.9 Å². The summed E-state index contributed by atoms with van der Waals surface area (Å²) >= 11 is 3.35. The number of halogens is 1. The minimum Gasteiger partial charge on any atom is -0.492 e. The van der Waals surface area contributed by atoms with Gasteiger partial charge in [0, 0.05) is 4.47 Å². The molecule has 8 nitrogen and oxygen atoms in total. The van der Waals surface area contributed by atoms with Crippen molar-refractivity contribution in [2.45, 2.75) is 64.6 Å². The van der Waals surface area contributed by atoms with E-state index in [1.54, 1.807) is 0 Å². The van der Waals surface area contributed by atoms with Crippen LogP contribution in [0.1, 0.15) is 53.4 Å². The van der Waals surface area contributed by atoms with E-state index in [-0.39, 0.29) is 35.7 Å². The van der Waals surface area contributed by atoms with E-state index in [4.69, 9.17) is 28.3 Å². The van der Waals surface area contributed by atoms with E-state index in [1.807, 2.05) is 76.2 Å². The zero-order valence-corrected chi connectivity index (χ0v) is 25.7. The number of ether oxygens (including phenoxy) is 4. The Hall–Kier alpha value is -2.56. The second-order valence-corrected chi connectivity index (χ2v) is 12.6. The predicted molar refractivity (Wildman–Crippen MR) is 155 cm³/mol. The fourth-order valence-corrected chi connectivity index (χ4v) is 4.49. The van der Waals surface area contributed by atoms with Crippen LogP contribution in [0.25, 0.3) is 0 Å². The van der Waals surface area contributed by atoms with E-state index in [9.17, 15) is 9.59 Å². The van der Waals surface area contributed by atoms with Crippen molar-refractivity contribution in [3.63, 3.8) is 0 Å². The molecule has 1 heterocycles. The molecule has 10 heteroatoms. The molecule has 0 amide bonds. The lowest BCUT2D eigenvalue weighted by molar-refractivity contribution is -0.149. The molecule has 1 saturated heterocycles. The second-order valence-electron chi connectivity index (χ2n) is 11.7. The number of benzene rings is 2. The third kappa shape index (κ3) is 6.83. The number of esters is 2. The molecule has 3 aliphatic rings. The third-order valence-corrected chi connectivity index (χ3v) is 8.72. The first-order valence-electron chi connectivity index (χ1n) is 13.5. The van der Waals surface area contributed by atoms with Gasteiger partial charge >= 0.3 is 19.1 Å². The molecular formula is C30H38BBrO8. The summed E-state index contributed by atoms with van der Waals surface area (Å²) in [5.74, 6) is 1.16. The summed E-state index contributed by atoms with van der Waals surface area (Å²) in [4.78, 5) is 23.2. The Bertz CT molecular complexity index is 1170. The number of rotatable bonds is 9. The highest BCUT2D eigenvalue weighted by atomic mass is 79.9. The van der Waals surface area contributed by atoms with Gasteiger partial charge in [0.05, 0.1) is 25.4 Å². The molecule has 40 heavy (non-hydrogen) atoms. The maximum absolute atomic E-state index is 11.7. The van der Waals surface area contributed by atoms with E-state index in [0.29, 0.717) is 13.2 Å². The number of carbonyl (C=O) groups excluding carboxylic acids is 2. The molecule has 0 atom stereocenters. The molecule has 0 bridgehead atoms. The lowest BCUT2D eigenvalue weighted by Gasteiger charge is -2.32. The number of hydrogen-bond acceptors (Lipinski definition) is 8. The van der Waals surface area contributed by atoms with Crippen LogP contribution in [0.2, 0.25) is 0 Å². The highest BCUT2D eigenvalue weighted by Crippen LogP contribution is 2.47. The summed E-state index contributed by atoms with van der Waals surface area (Å²) in [6, 6.07) is 15.2. The molecule has 3 fully saturated rings. The van der Waals surface area contributed by atoms with Gasteiger partial charge in [0.15, 0.2) is 0 Å². The Balaban J connectivity index is 0.000000201. The normalized spacial score (nSPS) is 20.4. The maximum atomic E-state index is 11.7. The molecule has 5 rings (SSSR count). The van der Waals surface area contributed by atoms with Gasteiger partial charge in [-0.05, 0) is 95.2 Å². The average molecular weight is 617 g/mol. The zero-order valence-electron chi connectivity index (χ0n) is 24.1. The fourth-order valence-electron chi connectivity index (χ4n) is 4.22. The lowest BCUT2D eigenvalue weighted by Crippen LogP contribution is -2.41. The van der Waals surface area contributed by atoms with E-state index in [0.717, 1.165) is 47.1 Å². The van der Waals surface area contributed by atoms with Crippen molar-refractivity contribution in [3.8, 4) is 11.5 Å². The molecule has 0 aromatic heterocycles. The van der Waals surface area contributed by atoms with Crippen LogP contribution in [0.5, 0.6) is 11.5 Å². The van der Waals surface area contributed by atoms with Crippen LogP contribution in [0.3, 0.4) is 0 Å². The molecule has 0 radical (unpaired) electrons. The molecule has 2 aliphatic carbocycles. The Morgan fingerprint density at radius 1 is 0.725 bits per heavy atom. The monoisotopic (exact) mass is 616 g/mol. The minimum absolute atomic E-state index is 0.162. The Morgan fingerprint density at radius 3 is 1.45 bits per heavy atom. The summed E-state index contributed by atoms with van der Waals surface area (Å²) < 4.78 is 34.0. The van der Waals surface area contributed by atoms with Gasteiger partial charge in [0.25, 0.3) is 0 Å². The minimum atomic E-state index is -0.445. The summed E-state index contributed by atoms with van der Waals surface area (Å²) in [5, 5.41) is 0. The average Bonchev–Trinajstić information content (AvgIpc) is 3.86. The van der Waals surface area contributed by atoms with Gasteiger partial charge in [-0.15, -0.1) is 0 Å². The summed E-state index contributed by atoms with van der Waals surface area (Å²) in [6.07, 6.45) is 3.36. The van der Waals surface area contributed by atoms with Gasteiger partial charge in [0.1, 0.15) is 35.5 Å². The summed E-state index contributed by atoms with van der Waals surface area (Å²) in [5.41, 5.74) is -0.589. The first-order valence-corrected chi connectivity index (χ1v) is 14.3. The van der Waals surface area contributed by atoms with Gasteiger partial charge in [0.2, 0.25) is 0 Å². The molecule has 0 spiro atoms. The van der Waals surface area contributed by atoms with Crippen molar-refractivity contribution < 1.29 is 37.8 Å². The number of methoxy groups -OCH3 is 2. The summed E-state index contributed by atoms with van der Waals surface area (Å²) in [7, 11) is 2.46. The van der Waals surface area contributed by atoms with Crippen LogP contribution < -0.4 is 14.9 Å². The summed E-state index contributed by atoms with van der Waals surface area (Å²) in [6.45, 7) is 8.90. The molecular weight excluding hydrogens is 579 g/mol. The van der Waals surface area contributed by atoms with E-state index < -0.39 is 5.41 Å². The quantitative estimate of drug-likeness (QED) is 0.284. The smallest absolute Gasteiger partial charge is 0.492 e. The SMILES string of the molecule is COC(=O)C1(COc2ccc(B3OC(C)(C)C(C)(C)O3)cc2)CC1.COC(=O)C1(COc2ccc(Br)cc2)CC1. The Kier molecular flexibility index (Phi) is 8.93. The molecule has 0 unspecified atom stereocenters. The predicted octanol–water partition coefficient (Wildman–Crippen LogP) is 5.10. The van der Waals surface area contributed by atoms with Crippen LogP contribution in [-0.4, -0.2) is 57.7 Å². The Morgan fingerprint density at radius 2 is 1.10 bits per heavy atom. The molecule has 0 N–H and O–H groups in total. The van der Waals surface area contributed by atoms with Crippen molar-refractivity contribution in [2.75, 3.05) is 27.4 Å². The standard InChI is InChI=1S/C18H25BO5.C12H13BrO3/c1-16(2)17(3,4)24-19(23-16)13-6-8-14(9-7-13)22-12-18(10-11-18)15(20)21-5;1-15-11(14)12(6-7-12)8-16-10-4-2-9(13)3-5-10/h6-9H,10-12H2,1-5H3;2-5H,6-8H2,1H3. The zero-order chi connectivity index (χ0) is 29.2. The fraction of sp³-hybridized carbons (Fsp3) is 0.533. The molecule has 2 saturated carbocycles. The van der Waals surface area contributed by atoms with Gasteiger partial charge < -0.3 is 28.3 Å². The van der Waals surface area contributed by atoms with E-state index >= 15 is 0 Å². The Labute approximate surface area is 245 Å². The van der Waals surface area contributed by atoms with Crippen LogP contribution in [0, 0.1) is 10.8 Å². The third-order valence-electron chi connectivity index (χ3n) is 8.19. The topological polar surface area (TPSA) is 89.5 Å². The number of carbonyl (C=O) groups is 2. The highest BCUT2D eigenvalue weighted by molar-refractivity contribution is 9.10. The molecule has 216 valence electrons. The largest absolute Gasteiger partial charge is 0.494 e. The van der Waals surface area contributed by atoms with Gasteiger partial charge in [-0.1, -0.05) is 28.1 Å². The van der Waals surface area contributed by atoms with Gasteiger partial charge in [-0.25, -0.2) is 0 Å². The first-order chi connectivity index (χ1) is 18.9. The van der Waals surface area contributed by atoms with Crippen molar-refractivity contribution >= 4 is 40.4 Å². The second kappa shape index (κ2) is 11.7. The van der Waals surface area contributed by atoms with E-state index in [1.165, 1.54) is 14.2 Å². The van der Waals surface area contributed by atoms with E-state index in [2.05, 4.69) is 15.9 Å². The molecule has 2 aromatic carbocycles. The molecule has 1 aliphatic heterocycles. The van der Waals surface area contributed by atoms with Crippen LogP contribution in [-0.2, 0) is 28.4 Å². The highest BCUT2D eigenvalue weighted by Gasteiger charge is 2.53.